The van der Waals surface area contributed by atoms with Crippen molar-refractivity contribution in [3.8, 4) is 0 Å². The van der Waals surface area contributed by atoms with Gasteiger partial charge in [-0.15, -0.1) is 0 Å². The standard InChI is InChI=1S/C17H22N2O5S/c1-10(2)15(17(21)22)18-25(23,24)13-5-6-14-12(9-13)7-8-19(14)16(20)11-3-4-11/h5-6,9-11,15,18H,3-4,7-8H2,1-2H3,(H,21,22)/t15-/m0/s1. The lowest BCUT2D eigenvalue weighted by molar-refractivity contribution is -0.140. The number of sulfonamides is 1. The Bertz CT molecular complexity index is 814. The predicted molar refractivity (Wildman–Crippen MR) is 91.8 cm³/mol. The minimum absolute atomic E-state index is 0.0267. The van der Waals surface area contributed by atoms with Crippen LogP contribution in [0.25, 0.3) is 0 Å². The van der Waals surface area contributed by atoms with E-state index in [9.17, 15) is 23.1 Å². The molecular weight excluding hydrogens is 344 g/mol. The highest BCUT2D eigenvalue weighted by Gasteiger charge is 2.37. The number of hydrogen-bond donors (Lipinski definition) is 2. The Morgan fingerprint density at radius 2 is 1.96 bits per heavy atom. The van der Waals surface area contributed by atoms with E-state index in [2.05, 4.69) is 4.72 Å². The lowest BCUT2D eigenvalue weighted by Crippen LogP contribution is -2.44. The van der Waals surface area contributed by atoms with E-state index in [0.717, 1.165) is 24.1 Å². The maximum absolute atomic E-state index is 12.5. The minimum Gasteiger partial charge on any atom is -0.480 e. The molecule has 0 saturated heterocycles. The van der Waals surface area contributed by atoms with E-state index in [0.29, 0.717) is 13.0 Å². The molecule has 1 atom stereocenters. The maximum Gasteiger partial charge on any atom is 0.322 e. The Morgan fingerprint density at radius 3 is 2.52 bits per heavy atom. The first-order valence-electron chi connectivity index (χ1n) is 8.40. The van der Waals surface area contributed by atoms with Gasteiger partial charge in [-0.2, -0.15) is 4.72 Å². The number of rotatable bonds is 6. The fourth-order valence-electron chi connectivity index (χ4n) is 3.03. The zero-order chi connectivity index (χ0) is 18.4. The number of anilines is 1. The molecule has 2 N–H and O–H groups in total. The van der Waals surface area contributed by atoms with Gasteiger partial charge in [0.2, 0.25) is 15.9 Å². The fraction of sp³-hybridized carbons (Fsp3) is 0.529. The zero-order valence-electron chi connectivity index (χ0n) is 14.2. The number of nitrogens with zero attached hydrogens (tertiary/aromatic N) is 1. The van der Waals surface area contributed by atoms with Crippen molar-refractivity contribution in [1.82, 2.24) is 4.72 Å². The Labute approximate surface area is 147 Å². The number of aliphatic carboxylic acids is 1. The van der Waals surface area contributed by atoms with Crippen LogP contribution >= 0.6 is 0 Å². The van der Waals surface area contributed by atoms with Gasteiger partial charge in [0.15, 0.2) is 0 Å². The average molecular weight is 366 g/mol. The third-order valence-electron chi connectivity index (χ3n) is 4.66. The van der Waals surface area contributed by atoms with Crippen LogP contribution in [0.4, 0.5) is 5.69 Å². The van der Waals surface area contributed by atoms with E-state index in [1.165, 1.54) is 12.1 Å². The summed E-state index contributed by atoms with van der Waals surface area (Å²) < 4.78 is 27.3. The molecular formula is C17H22N2O5S. The number of hydrogen-bond acceptors (Lipinski definition) is 4. The van der Waals surface area contributed by atoms with Gasteiger partial charge >= 0.3 is 5.97 Å². The van der Waals surface area contributed by atoms with Crippen molar-refractivity contribution in [3.63, 3.8) is 0 Å². The lowest BCUT2D eigenvalue weighted by Gasteiger charge is -2.19. The molecule has 1 fully saturated rings. The molecule has 0 spiro atoms. The lowest BCUT2D eigenvalue weighted by atomic mass is 10.1. The van der Waals surface area contributed by atoms with Gasteiger partial charge in [0.05, 0.1) is 4.90 Å². The number of nitrogens with one attached hydrogen (secondary N) is 1. The fourth-order valence-corrected chi connectivity index (χ4v) is 4.42. The van der Waals surface area contributed by atoms with E-state index >= 15 is 0 Å². The molecule has 1 aromatic carbocycles. The molecule has 1 aromatic rings. The Balaban J connectivity index is 1.84. The number of amides is 1. The van der Waals surface area contributed by atoms with Crippen molar-refractivity contribution in [2.24, 2.45) is 11.8 Å². The van der Waals surface area contributed by atoms with Crippen LogP contribution in [-0.4, -0.2) is 38.0 Å². The highest BCUT2D eigenvalue weighted by molar-refractivity contribution is 7.89. The Morgan fingerprint density at radius 1 is 1.28 bits per heavy atom. The largest absolute Gasteiger partial charge is 0.480 e. The Hall–Kier alpha value is -1.93. The van der Waals surface area contributed by atoms with Crippen molar-refractivity contribution in [3.05, 3.63) is 23.8 Å². The molecule has 1 amide bonds. The van der Waals surface area contributed by atoms with Gasteiger partial charge in [0.25, 0.3) is 0 Å². The van der Waals surface area contributed by atoms with Crippen molar-refractivity contribution in [1.29, 1.82) is 0 Å². The summed E-state index contributed by atoms with van der Waals surface area (Å²) in [5.41, 5.74) is 1.56. The van der Waals surface area contributed by atoms with Crippen molar-refractivity contribution in [2.45, 2.75) is 44.0 Å². The van der Waals surface area contributed by atoms with Crippen LogP contribution in [0, 0.1) is 11.8 Å². The summed E-state index contributed by atoms with van der Waals surface area (Å²) in [5.74, 6) is -1.37. The van der Waals surface area contributed by atoms with E-state index in [1.54, 1.807) is 24.8 Å². The van der Waals surface area contributed by atoms with Gasteiger partial charge in [-0.25, -0.2) is 8.42 Å². The molecule has 0 bridgehead atoms. The summed E-state index contributed by atoms with van der Waals surface area (Å²) in [6.45, 7) is 3.85. The third kappa shape index (κ3) is 3.55. The molecule has 0 radical (unpaired) electrons. The quantitative estimate of drug-likeness (QED) is 0.791. The van der Waals surface area contributed by atoms with Crippen LogP contribution in [0.15, 0.2) is 23.1 Å². The van der Waals surface area contributed by atoms with E-state index in [4.69, 9.17) is 0 Å². The van der Waals surface area contributed by atoms with Crippen LogP contribution in [0.3, 0.4) is 0 Å². The number of fused-ring (bicyclic) bond motifs is 1. The second-order valence-electron chi connectivity index (χ2n) is 6.99. The van der Waals surface area contributed by atoms with Gasteiger partial charge in [0, 0.05) is 18.2 Å². The van der Waals surface area contributed by atoms with Gasteiger partial charge in [0.1, 0.15) is 6.04 Å². The van der Waals surface area contributed by atoms with Crippen molar-refractivity contribution < 1.29 is 23.1 Å². The van der Waals surface area contributed by atoms with E-state index in [1.807, 2.05) is 0 Å². The summed E-state index contributed by atoms with van der Waals surface area (Å²) in [6.07, 6.45) is 2.45. The van der Waals surface area contributed by atoms with Crippen LogP contribution < -0.4 is 9.62 Å². The number of benzene rings is 1. The highest BCUT2D eigenvalue weighted by atomic mass is 32.2. The first kappa shape index (κ1) is 17.9. The molecule has 136 valence electrons. The molecule has 0 unspecified atom stereocenters. The van der Waals surface area contributed by atoms with Crippen LogP contribution in [0.5, 0.6) is 0 Å². The van der Waals surface area contributed by atoms with Crippen molar-refractivity contribution in [2.75, 3.05) is 11.4 Å². The summed E-state index contributed by atoms with van der Waals surface area (Å²) in [5, 5.41) is 9.19. The summed E-state index contributed by atoms with van der Waals surface area (Å²) in [7, 11) is -3.95. The minimum atomic E-state index is -3.95. The molecule has 8 heteroatoms. The van der Waals surface area contributed by atoms with E-state index in [-0.39, 0.29) is 22.6 Å². The van der Waals surface area contributed by atoms with Crippen LogP contribution in [-0.2, 0) is 26.0 Å². The molecule has 1 aliphatic heterocycles. The first-order chi connectivity index (χ1) is 11.7. The normalized spacial score (nSPS) is 18.3. The summed E-state index contributed by atoms with van der Waals surface area (Å²) in [4.78, 5) is 25.3. The smallest absolute Gasteiger partial charge is 0.322 e. The summed E-state index contributed by atoms with van der Waals surface area (Å²) >= 11 is 0. The molecule has 25 heavy (non-hydrogen) atoms. The van der Waals surface area contributed by atoms with Crippen LogP contribution in [0.1, 0.15) is 32.3 Å². The SMILES string of the molecule is CC(C)[C@H](NS(=O)(=O)c1ccc2c(c1)CCN2C(=O)C1CC1)C(=O)O. The topological polar surface area (TPSA) is 104 Å². The van der Waals surface area contributed by atoms with Crippen molar-refractivity contribution >= 4 is 27.6 Å². The molecule has 1 heterocycles. The number of carbonyl (C=O) groups is 2. The average Bonchev–Trinajstić information content (AvgIpc) is 3.30. The highest BCUT2D eigenvalue weighted by Crippen LogP contribution is 2.37. The number of carboxylic acid groups (broad SMARTS) is 1. The second-order valence-corrected chi connectivity index (χ2v) is 8.70. The summed E-state index contributed by atoms with van der Waals surface area (Å²) in [6, 6.07) is 3.42. The molecule has 2 aliphatic rings. The van der Waals surface area contributed by atoms with Crippen LogP contribution in [0.2, 0.25) is 0 Å². The number of carboxylic acids is 1. The monoisotopic (exact) mass is 366 g/mol. The van der Waals surface area contributed by atoms with Gasteiger partial charge in [-0.1, -0.05) is 13.8 Å². The zero-order valence-corrected chi connectivity index (χ0v) is 15.0. The molecule has 3 rings (SSSR count). The van der Waals surface area contributed by atoms with Gasteiger partial charge in [-0.3, -0.25) is 9.59 Å². The number of carbonyl (C=O) groups excluding carboxylic acids is 1. The molecule has 7 nitrogen and oxygen atoms in total. The molecule has 1 aliphatic carbocycles. The van der Waals surface area contributed by atoms with E-state index < -0.39 is 22.0 Å². The van der Waals surface area contributed by atoms with Gasteiger partial charge in [-0.05, 0) is 48.9 Å². The van der Waals surface area contributed by atoms with Gasteiger partial charge < -0.3 is 10.0 Å². The predicted octanol–water partition coefficient (Wildman–Crippen LogP) is 1.37. The second kappa shape index (κ2) is 6.42. The maximum atomic E-state index is 12.5. The first-order valence-corrected chi connectivity index (χ1v) is 9.88. The molecule has 0 aromatic heterocycles. The Kier molecular flexibility index (Phi) is 4.59. The third-order valence-corrected chi connectivity index (χ3v) is 6.10. The molecule has 1 saturated carbocycles.